The number of nitrogens with one attached hydrogen (secondary N) is 3. The maximum atomic E-state index is 15.1. The van der Waals surface area contributed by atoms with Gasteiger partial charge in [-0.1, -0.05) is 0 Å². The summed E-state index contributed by atoms with van der Waals surface area (Å²) in [5.74, 6) is 0.00968. The minimum absolute atomic E-state index is 0.0754. The molecule has 1 atom stereocenters. The molecule has 0 spiro atoms. The normalized spacial score (nSPS) is 18.1. The van der Waals surface area contributed by atoms with Gasteiger partial charge < -0.3 is 5.32 Å². The van der Waals surface area contributed by atoms with E-state index in [9.17, 15) is 9.59 Å². The second-order valence-corrected chi connectivity index (χ2v) is 10.8. The van der Waals surface area contributed by atoms with Crippen molar-refractivity contribution in [3.05, 3.63) is 59.6 Å². The van der Waals surface area contributed by atoms with Gasteiger partial charge in [-0.05, 0) is 93.9 Å². The van der Waals surface area contributed by atoms with E-state index in [1.54, 1.807) is 35.3 Å². The van der Waals surface area contributed by atoms with Crippen LogP contribution in [-0.4, -0.2) is 32.6 Å². The molecule has 0 saturated heterocycles. The highest BCUT2D eigenvalue weighted by atomic mass is 19.1. The molecule has 3 saturated carbocycles. The molecule has 2 amide bonds. The fourth-order valence-corrected chi connectivity index (χ4v) is 5.42. The van der Waals surface area contributed by atoms with Gasteiger partial charge in [0.05, 0.1) is 11.6 Å². The van der Waals surface area contributed by atoms with Gasteiger partial charge in [0.2, 0.25) is 0 Å². The standard InChI is InChI=1S/C28H31FN6O2/c1-15-13-21(16(2)30-14-15)20-9-10-23(32-26(20)29)33-28(37)25(24(17-3-4-17)18-5-6-18)34-27(36)22-11-12-31-35(22)19-7-8-19/h9-14,17-19,24-25H,3-8H2,1-2H3,(H,34,36)(H,32,33,37)/p+1/t25-/m0/s1. The molecule has 37 heavy (non-hydrogen) atoms. The Morgan fingerprint density at radius 1 is 1.05 bits per heavy atom. The molecule has 3 fully saturated rings. The maximum Gasteiger partial charge on any atom is 0.330 e. The summed E-state index contributed by atoms with van der Waals surface area (Å²) in [7, 11) is 0. The van der Waals surface area contributed by atoms with E-state index in [4.69, 9.17) is 0 Å². The van der Waals surface area contributed by atoms with Crippen LogP contribution in [0.1, 0.15) is 66.3 Å². The van der Waals surface area contributed by atoms with Crippen LogP contribution in [0.2, 0.25) is 0 Å². The zero-order valence-corrected chi connectivity index (χ0v) is 21.1. The average Bonchev–Trinajstić information content (AvgIpc) is 3.73. The van der Waals surface area contributed by atoms with Crippen LogP contribution in [0.5, 0.6) is 0 Å². The number of aryl methyl sites for hydroxylation is 2. The lowest BCUT2D eigenvalue weighted by Gasteiger charge is -2.25. The zero-order chi connectivity index (χ0) is 25.7. The van der Waals surface area contributed by atoms with E-state index in [0.29, 0.717) is 28.7 Å². The number of pyridine rings is 2. The van der Waals surface area contributed by atoms with Crippen LogP contribution in [0, 0.1) is 37.5 Å². The summed E-state index contributed by atoms with van der Waals surface area (Å²) in [5, 5.41) is 10.2. The summed E-state index contributed by atoms with van der Waals surface area (Å²) in [5.41, 5.74) is 3.23. The van der Waals surface area contributed by atoms with Crippen LogP contribution in [0.3, 0.4) is 0 Å². The summed E-state index contributed by atoms with van der Waals surface area (Å²) in [6.07, 6.45) is 9.67. The van der Waals surface area contributed by atoms with Crippen molar-refractivity contribution in [3.63, 3.8) is 0 Å². The van der Waals surface area contributed by atoms with Gasteiger partial charge in [0.25, 0.3) is 17.7 Å². The number of hydrogen-bond donors (Lipinski definition) is 2. The average molecular weight is 504 g/mol. The predicted molar refractivity (Wildman–Crippen MR) is 135 cm³/mol. The number of rotatable bonds is 9. The first-order chi connectivity index (χ1) is 17.9. The van der Waals surface area contributed by atoms with Crippen molar-refractivity contribution in [1.29, 1.82) is 0 Å². The molecule has 0 aliphatic heterocycles. The van der Waals surface area contributed by atoms with Gasteiger partial charge in [0.1, 0.15) is 11.7 Å². The van der Waals surface area contributed by atoms with Crippen LogP contribution >= 0.6 is 0 Å². The Morgan fingerprint density at radius 3 is 2.43 bits per heavy atom. The lowest BCUT2D eigenvalue weighted by atomic mass is 9.88. The minimum Gasteiger partial charge on any atom is -0.337 e. The summed E-state index contributed by atoms with van der Waals surface area (Å²) >= 11 is 0. The first kappa shape index (κ1) is 23.8. The quantitative estimate of drug-likeness (QED) is 0.431. The molecule has 3 N–H and O–H groups in total. The van der Waals surface area contributed by atoms with E-state index in [1.165, 1.54) is 0 Å². The monoisotopic (exact) mass is 503 g/mol. The van der Waals surface area contributed by atoms with Crippen LogP contribution in [0.25, 0.3) is 11.1 Å². The zero-order valence-electron chi connectivity index (χ0n) is 21.1. The van der Waals surface area contributed by atoms with Gasteiger partial charge in [-0.25, -0.2) is 15.1 Å². The SMILES string of the molecule is Cc1cnc(C)c(-c2ccc(NC(=O)[C@@H](NC(=O)c3ccnn3C3CC3)C(C3CC3)C3CC3)[nH+]c2F)c1. The van der Waals surface area contributed by atoms with Gasteiger partial charge in [-0.3, -0.25) is 14.5 Å². The number of anilines is 1. The van der Waals surface area contributed by atoms with Crippen LogP contribution in [-0.2, 0) is 4.79 Å². The van der Waals surface area contributed by atoms with Gasteiger partial charge in [-0.15, -0.1) is 0 Å². The Morgan fingerprint density at radius 2 is 1.78 bits per heavy atom. The summed E-state index contributed by atoms with van der Waals surface area (Å²) < 4.78 is 16.9. The van der Waals surface area contributed by atoms with Crippen molar-refractivity contribution in [1.82, 2.24) is 20.1 Å². The highest BCUT2D eigenvalue weighted by Crippen LogP contribution is 2.51. The Bertz CT molecular complexity index is 1350. The van der Waals surface area contributed by atoms with Gasteiger partial charge in [0, 0.05) is 29.7 Å². The molecule has 3 aromatic rings. The number of carbonyl (C=O) groups is 2. The Balaban J connectivity index is 1.24. The third kappa shape index (κ3) is 4.99. The summed E-state index contributed by atoms with van der Waals surface area (Å²) in [6.45, 7) is 3.75. The van der Waals surface area contributed by atoms with Crippen LogP contribution in [0.4, 0.5) is 10.2 Å². The van der Waals surface area contributed by atoms with Gasteiger partial charge >= 0.3 is 5.91 Å². The van der Waals surface area contributed by atoms with Crippen molar-refractivity contribution in [2.24, 2.45) is 17.8 Å². The first-order valence-electron chi connectivity index (χ1n) is 13.2. The third-order valence-corrected chi connectivity index (χ3v) is 7.75. The number of aromatic amines is 1. The Hall–Kier alpha value is -3.62. The highest BCUT2D eigenvalue weighted by molar-refractivity contribution is 6.00. The van der Waals surface area contributed by atoms with E-state index in [-0.39, 0.29) is 29.6 Å². The topological polar surface area (TPSA) is 103 Å². The van der Waals surface area contributed by atoms with Gasteiger partial charge in [-0.2, -0.15) is 9.49 Å². The molecule has 192 valence electrons. The molecule has 0 aromatic carbocycles. The second-order valence-electron chi connectivity index (χ2n) is 10.8. The molecule has 3 aliphatic carbocycles. The number of carbonyl (C=O) groups excluding carboxylic acids is 2. The molecule has 3 aliphatic rings. The molecular formula is C28H32FN6O2+. The number of nitrogens with zero attached hydrogens (tertiary/aromatic N) is 3. The molecule has 0 bridgehead atoms. The number of halogens is 1. The largest absolute Gasteiger partial charge is 0.337 e. The number of H-pyrrole nitrogens is 1. The van der Waals surface area contributed by atoms with E-state index >= 15 is 4.39 Å². The van der Waals surface area contributed by atoms with Crippen molar-refractivity contribution in [3.8, 4) is 11.1 Å². The van der Waals surface area contributed by atoms with E-state index in [1.807, 2.05) is 19.9 Å². The molecule has 6 rings (SSSR count). The Kier molecular flexibility index (Phi) is 6.01. The fourth-order valence-electron chi connectivity index (χ4n) is 5.42. The second kappa shape index (κ2) is 9.36. The molecule has 8 nitrogen and oxygen atoms in total. The van der Waals surface area contributed by atoms with E-state index in [0.717, 1.165) is 49.8 Å². The Labute approximate surface area is 215 Å². The molecular weight excluding hydrogens is 471 g/mol. The third-order valence-electron chi connectivity index (χ3n) is 7.75. The number of aromatic nitrogens is 4. The minimum atomic E-state index is -0.700. The molecule has 0 radical (unpaired) electrons. The van der Waals surface area contributed by atoms with E-state index in [2.05, 4.69) is 25.7 Å². The molecule has 0 unspecified atom stereocenters. The smallest absolute Gasteiger partial charge is 0.330 e. The lowest BCUT2D eigenvalue weighted by molar-refractivity contribution is -0.404. The number of amides is 2. The number of hydrogen-bond acceptors (Lipinski definition) is 4. The van der Waals surface area contributed by atoms with Crippen molar-refractivity contribution >= 4 is 17.6 Å². The van der Waals surface area contributed by atoms with Crippen LogP contribution in [0.15, 0.2) is 36.7 Å². The summed E-state index contributed by atoms with van der Waals surface area (Å²) in [4.78, 5) is 33.9. The highest BCUT2D eigenvalue weighted by Gasteiger charge is 2.49. The first-order valence-corrected chi connectivity index (χ1v) is 13.2. The molecule has 9 heteroatoms. The lowest BCUT2D eigenvalue weighted by Crippen LogP contribution is -2.50. The molecule has 3 aromatic heterocycles. The van der Waals surface area contributed by atoms with Crippen LogP contribution < -0.4 is 15.6 Å². The fraction of sp³-hybridized carbons (Fsp3) is 0.464. The summed E-state index contributed by atoms with van der Waals surface area (Å²) in [6, 6.07) is 6.45. The van der Waals surface area contributed by atoms with Gasteiger partial charge in [0.15, 0.2) is 0 Å². The van der Waals surface area contributed by atoms with Crippen molar-refractivity contribution in [2.75, 3.05) is 5.32 Å². The van der Waals surface area contributed by atoms with E-state index < -0.39 is 12.0 Å². The maximum absolute atomic E-state index is 15.1. The van der Waals surface area contributed by atoms with Crippen molar-refractivity contribution < 1.29 is 19.0 Å². The predicted octanol–water partition coefficient (Wildman–Crippen LogP) is 4.02. The molecule has 3 heterocycles. The van der Waals surface area contributed by atoms with Crippen molar-refractivity contribution in [2.45, 2.75) is 64.5 Å².